The minimum atomic E-state index is -5.04. The third-order valence-electron chi connectivity index (χ3n) is 6.33. The normalized spacial score (nSPS) is 21.5. The van der Waals surface area contributed by atoms with Gasteiger partial charge in [0.15, 0.2) is 5.82 Å². The zero-order valence-corrected chi connectivity index (χ0v) is 21.5. The van der Waals surface area contributed by atoms with Crippen molar-refractivity contribution in [2.24, 2.45) is 5.16 Å². The molecule has 0 aromatic heterocycles. The van der Waals surface area contributed by atoms with Crippen LogP contribution < -0.4 is 5.32 Å². The molecule has 16 heteroatoms. The lowest BCUT2D eigenvalue weighted by atomic mass is 9.86. The summed E-state index contributed by atoms with van der Waals surface area (Å²) in [5.74, 6) is -4.32. The molecule has 0 bridgehead atoms. The second-order valence-electron chi connectivity index (χ2n) is 9.08. The first-order chi connectivity index (χ1) is 18.4. The summed E-state index contributed by atoms with van der Waals surface area (Å²) < 4.78 is 94.5. The molecule has 2 aromatic rings. The lowest BCUT2D eigenvalue weighted by Crippen LogP contribution is -2.44. The number of oxime groups is 1. The molecule has 0 aliphatic carbocycles. The van der Waals surface area contributed by atoms with Crippen LogP contribution in [0.2, 0.25) is 10.0 Å². The summed E-state index contributed by atoms with van der Waals surface area (Å²) in [5.41, 5.74) is -3.52. The van der Waals surface area contributed by atoms with E-state index in [1.54, 1.807) is 0 Å². The standard InChI is InChI=1S/C24H16Cl2F7N3O4/c1-10-4-11(2-3-13(10)20(38)34-16-7-18(37)36(21(16)39)9-23(28,29)30)17-8-22(40-35-17,24(31,32)33)12-5-14(25)19(27)15(26)6-12/h2-6,16H,7-9H2,1H3,(H,34,38). The molecule has 0 radical (unpaired) electrons. The molecule has 2 heterocycles. The Labute approximate surface area is 230 Å². The fraction of sp³-hybridized carbons (Fsp3) is 0.333. The van der Waals surface area contributed by atoms with Gasteiger partial charge in [0.05, 0.1) is 22.2 Å². The van der Waals surface area contributed by atoms with Crippen molar-refractivity contribution in [3.05, 3.63) is 68.4 Å². The quantitative estimate of drug-likeness (QED) is 0.276. The Kier molecular flexibility index (Phi) is 7.56. The second kappa shape index (κ2) is 10.2. The van der Waals surface area contributed by atoms with Gasteiger partial charge in [-0.15, -0.1) is 0 Å². The van der Waals surface area contributed by atoms with Crippen molar-refractivity contribution in [3.63, 3.8) is 0 Å². The topological polar surface area (TPSA) is 88.1 Å². The molecule has 2 aliphatic rings. The van der Waals surface area contributed by atoms with Crippen molar-refractivity contribution in [2.75, 3.05) is 6.54 Å². The second-order valence-corrected chi connectivity index (χ2v) is 9.89. The maximum Gasteiger partial charge on any atom is 0.435 e. The number of hydrogen-bond donors (Lipinski definition) is 1. The third-order valence-corrected chi connectivity index (χ3v) is 6.88. The minimum absolute atomic E-state index is 0.00747. The van der Waals surface area contributed by atoms with Gasteiger partial charge < -0.3 is 10.2 Å². The van der Waals surface area contributed by atoms with Crippen LogP contribution in [0.1, 0.15) is 39.9 Å². The van der Waals surface area contributed by atoms with Crippen LogP contribution in [0.3, 0.4) is 0 Å². The van der Waals surface area contributed by atoms with E-state index in [-0.39, 0.29) is 27.3 Å². The first kappa shape index (κ1) is 29.6. The predicted octanol–water partition coefficient (Wildman–Crippen LogP) is 5.44. The number of carbonyl (C=O) groups excluding carboxylic acids is 3. The van der Waals surface area contributed by atoms with Crippen molar-refractivity contribution in [1.82, 2.24) is 10.2 Å². The number of nitrogens with one attached hydrogen (secondary N) is 1. The van der Waals surface area contributed by atoms with Gasteiger partial charge in [-0.2, -0.15) is 26.3 Å². The zero-order chi connectivity index (χ0) is 29.8. The Morgan fingerprint density at radius 1 is 1.12 bits per heavy atom. The van der Waals surface area contributed by atoms with Crippen molar-refractivity contribution >= 4 is 46.6 Å². The Morgan fingerprint density at radius 2 is 1.75 bits per heavy atom. The Morgan fingerprint density at radius 3 is 2.30 bits per heavy atom. The van der Waals surface area contributed by atoms with E-state index in [0.717, 1.165) is 12.1 Å². The van der Waals surface area contributed by atoms with Gasteiger partial charge in [-0.3, -0.25) is 19.3 Å². The number of benzene rings is 2. The molecule has 2 atom stereocenters. The lowest BCUT2D eigenvalue weighted by molar-refractivity contribution is -0.275. The number of alkyl halides is 6. The van der Waals surface area contributed by atoms with Crippen LogP contribution in [0, 0.1) is 12.7 Å². The first-order valence-corrected chi connectivity index (χ1v) is 12.0. The van der Waals surface area contributed by atoms with Gasteiger partial charge in [0.25, 0.3) is 17.4 Å². The number of imide groups is 1. The molecular formula is C24H16Cl2F7N3O4. The van der Waals surface area contributed by atoms with E-state index in [0.29, 0.717) is 0 Å². The van der Waals surface area contributed by atoms with E-state index in [1.807, 2.05) is 0 Å². The molecule has 1 N–H and O–H groups in total. The number of halogens is 9. The molecule has 214 valence electrons. The van der Waals surface area contributed by atoms with Crippen LogP contribution in [0.5, 0.6) is 0 Å². The summed E-state index contributed by atoms with van der Waals surface area (Å²) in [6.45, 7) is -0.367. The number of aryl methyl sites for hydroxylation is 1. The van der Waals surface area contributed by atoms with Crippen LogP contribution in [0.15, 0.2) is 35.5 Å². The summed E-state index contributed by atoms with van der Waals surface area (Å²) in [7, 11) is 0. The smallest absolute Gasteiger partial charge is 0.374 e. The first-order valence-electron chi connectivity index (χ1n) is 11.2. The molecule has 4 rings (SSSR count). The molecular weight excluding hydrogens is 598 g/mol. The number of nitrogens with zero attached hydrogens (tertiary/aromatic N) is 2. The lowest BCUT2D eigenvalue weighted by Gasteiger charge is -2.29. The van der Waals surface area contributed by atoms with Crippen LogP contribution in [0.4, 0.5) is 30.7 Å². The maximum atomic E-state index is 14.2. The van der Waals surface area contributed by atoms with Crippen molar-refractivity contribution in [2.45, 2.75) is 43.8 Å². The van der Waals surface area contributed by atoms with Gasteiger partial charge in [-0.1, -0.05) is 34.4 Å². The fourth-order valence-electron chi connectivity index (χ4n) is 4.32. The monoisotopic (exact) mass is 613 g/mol. The maximum absolute atomic E-state index is 14.2. The van der Waals surface area contributed by atoms with Crippen LogP contribution in [-0.4, -0.2) is 53.3 Å². The van der Waals surface area contributed by atoms with Crippen LogP contribution >= 0.6 is 23.2 Å². The van der Waals surface area contributed by atoms with Gasteiger partial charge in [0.1, 0.15) is 12.6 Å². The average Bonchev–Trinajstić information content (AvgIpc) is 3.40. The summed E-state index contributed by atoms with van der Waals surface area (Å²) in [6.07, 6.45) is -11.4. The number of likely N-dealkylation sites (tertiary alicyclic amines) is 1. The van der Waals surface area contributed by atoms with E-state index in [4.69, 9.17) is 28.0 Å². The predicted molar refractivity (Wildman–Crippen MR) is 126 cm³/mol. The van der Waals surface area contributed by atoms with Gasteiger partial charge >= 0.3 is 12.4 Å². The van der Waals surface area contributed by atoms with Crippen LogP contribution in [-0.2, 0) is 20.0 Å². The zero-order valence-electron chi connectivity index (χ0n) is 20.0. The summed E-state index contributed by atoms with van der Waals surface area (Å²) in [4.78, 5) is 41.7. The van der Waals surface area contributed by atoms with E-state index in [9.17, 15) is 45.1 Å². The van der Waals surface area contributed by atoms with E-state index in [1.165, 1.54) is 25.1 Å². The highest BCUT2D eigenvalue weighted by molar-refractivity contribution is 6.35. The molecule has 40 heavy (non-hydrogen) atoms. The molecule has 7 nitrogen and oxygen atoms in total. The largest absolute Gasteiger partial charge is 0.435 e. The van der Waals surface area contributed by atoms with Gasteiger partial charge in [0, 0.05) is 17.5 Å². The third kappa shape index (κ3) is 5.46. The molecule has 1 fully saturated rings. The van der Waals surface area contributed by atoms with Crippen LogP contribution in [0.25, 0.3) is 0 Å². The highest BCUT2D eigenvalue weighted by atomic mass is 35.5. The molecule has 3 amide bonds. The average molecular weight is 614 g/mol. The molecule has 2 unspecified atom stereocenters. The Hall–Kier alpha value is -3.39. The molecule has 2 aromatic carbocycles. The SMILES string of the molecule is Cc1cc(C2=NOC(c3cc(Cl)c(F)c(Cl)c3)(C(F)(F)F)C2)ccc1C(=O)NC1CC(=O)N(CC(F)(F)F)C1=O. The Balaban J connectivity index is 1.54. The van der Waals surface area contributed by atoms with E-state index < -0.39 is 82.5 Å². The molecule has 2 aliphatic heterocycles. The minimum Gasteiger partial charge on any atom is -0.374 e. The summed E-state index contributed by atoms with van der Waals surface area (Å²) >= 11 is 11.4. The number of amides is 3. The van der Waals surface area contributed by atoms with E-state index in [2.05, 4.69) is 10.5 Å². The van der Waals surface area contributed by atoms with Crippen molar-refractivity contribution in [3.8, 4) is 0 Å². The van der Waals surface area contributed by atoms with Gasteiger partial charge in [0.2, 0.25) is 5.91 Å². The van der Waals surface area contributed by atoms with Crippen molar-refractivity contribution in [1.29, 1.82) is 0 Å². The molecule has 0 spiro atoms. The highest BCUT2D eigenvalue weighted by Crippen LogP contribution is 2.50. The molecule has 1 saturated heterocycles. The Bertz CT molecular complexity index is 1420. The van der Waals surface area contributed by atoms with Gasteiger partial charge in [-0.05, 0) is 42.3 Å². The number of hydrogen-bond acceptors (Lipinski definition) is 5. The van der Waals surface area contributed by atoms with E-state index >= 15 is 0 Å². The summed E-state index contributed by atoms with van der Waals surface area (Å²) in [6, 6.07) is 3.72. The number of carbonyl (C=O) groups is 3. The van der Waals surface area contributed by atoms with Crippen molar-refractivity contribution < 1.29 is 50.0 Å². The highest BCUT2D eigenvalue weighted by Gasteiger charge is 2.62. The number of rotatable bonds is 5. The van der Waals surface area contributed by atoms with Gasteiger partial charge in [-0.25, -0.2) is 4.39 Å². The fourth-order valence-corrected chi connectivity index (χ4v) is 4.81. The summed E-state index contributed by atoms with van der Waals surface area (Å²) in [5, 5.41) is 4.48. The molecule has 0 saturated carbocycles.